The third kappa shape index (κ3) is 9.68. The molecular weight excluding hydrogens is 1410 g/mol. The minimum absolute atomic E-state index is 0.209. The Labute approximate surface area is 663 Å². The topological polar surface area (TPSA) is 104 Å². The third-order valence-electron chi connectivity index (χ3n) is 24.8. The van der Waals surface area contributed by atoms with Gasteiger partial charge in [0.25, 0.3) is 0 Å². The van der Waals surface area contributed by atoms with Gasteiger partial charge in [0.05, 0.1) is 44.5 Å². The monoisotopic (exact) mass is 1470 g/mol. The van der Waals surface area contributed by atoms with E-state index in [4.69, 9.17) is 33.8 Å². The number of nitrogens with zero attached hydrogens (tertiary/aromatic N) is 6. The molecule has 8 heterocycles. The quantitative estimate of drug-likeness (QED) is 0.152. The predicted molar refractivity (Wildman–Crippen MR) is 479 cm³/mol. The molecule has 4 aliphatic carbocycles. The van der Waals surface area contributed by atoms with Crippen LogP contribution >= 0.6 is 0 Å². The first kappa shape index (κ1) is 64.3. The minimum Gasteiger partial charge on any atom is -0.455 e. The number of fused-ring (bicyclic) bond motifs is 26. The molecule has 2 unspecified atom stereocenters. The van der Waals surface area contributed by atoms with Gasteiger partial charge >= 0.3 is 0 Å². The van der Waals surface area contributed by atoms with Crippen molar-refractivity contribution in [1.29, 1.82) is 0 Å². The lowest BCUT2D eigenvalue weighted by Gasteiger charge is -2.42. The summed E-state index contributed by atoms with van der Waals surface area (Å²) in [6.07, 6.45) is 26.1. The number of hydrogen-bond acceptors (Lipinski definition) is 8. The Morgan fingerprint density at radius 2 is 0.698 bits per heavy atom. The Hall–Kier alpha value is -15.4. The number of aromatic nitrogens is 6. The molecule has 0 N–H and O–H groups in total. The van der Waals surface area contributed by atoms with Crippen LogP contribution in [0.5, 0.6) is 0 Å². The van der Waals surface area contributed by atoms with Gasteiger partial charge in [-0.1, -0.05) is 243 Å². The molecule has 2 atom stereocenters. The number of furan rings is 2. The minimum atomic E-state index is 0.209. The van der Waals surface area contributed by atoms with Crippen molar-refractivity contribution in [2.75, 3.05) is 0 Å². The smallest absolute Gasteiger partial charge is 0.144 e. The fraction of sp³-hybridized carbons (Fsp3) is 0.0185. The lowest BCUT2D eigenvalue weighted by Crippen LogP contribution is -2.30. The molecule has 116 heavy (non-hydrogen) atoms. The molecule has 0 aliphatic heterocycles. The fourth-order valence-electron chi connectivity index (χ4n) is 19.7. The van der Waals surface area contributed by atoms with Crippen molar-refractivity contribution in [3.8, 4) is 44.8 Å². The number of hydrogen-bond donors (Lipinski definition) is 0. The number of pyridine rings is 6. The fourth-order valence-corrected chi connectivity index (χ4v) is 19.7. The molecule has 0 saturated carbocycles. The highest BCUT2D eigenvalue weighted by Crippen LogP contribution is 2.56. The summed E-state index contributed by atoms with van der Waals surface area (Å²) >= 11 is 0. The molecule has 8 nitrogen and oxygen atoms in total. The van der Waals surface area contributed by atoms with Crippen LogP contribution in [-0.2, 0) is 0 Å². The molecule has 22 aromatic rings. The molecule has 14 aromatic carbocycles. The van der Waals surface area contributed by atoms with Crippen LogP contribution in [-0.4, -0.2) is 29.9 Å². The molecule has 0 fully saturated rings. The maximum atomic E-state index is 6.61. The van der Waals surface area contributed by atoms with Crippen molar-refractivity contribution in [1.82, 2.24) is 29.9 Å². The Bertz CT molecular complexity index is 8410. The predicted octanol–water partition coefficient (Wildman–Crippen LogP) is 27.9. The van der Waals surface area contributed by atoms with Crippen LogP contribution in [0.1, 0.15) is 11.1 Å². The van der Waals surface area contributed by atoms with E-state index in [1.165, 1.54) is 76.9 Å². The maximum Gasteiger partial charge on any atom is 0.144 e. The zero-order valence-corrected chi connectivity index (χ0v) is 62.3. The van der Waals surface area contributed by atoms with Gasteiger partial charge in [-0.3, -0.25) is 19.9 Å². The number of allylic oxidation sites excluding steroid dienone is 14. The summed E-state index contributed by atoms with van der Waals surface area (Å²) in [5, 5.41) is 22.9. The van der Waals surface area contributed by atoms with Crippen LogP contribution in [0.4, 0.5) is 0 Å². The van der Waals surface area contributed by atoms with E-state index in [1.807, 2.05) is 67.3 Å². The van der Waals surface area contributed by atoms with Gasteiger partial charge in [0.2, 0.25) is 0 Å². The average Bonchev–Trinajstić information content (AvgIpc) is 0.937. The molecule has 4 aliphatic rings. The van der Waals surface area contributed by atoms with Crippen LogP contribution in [0.3, 0.4) is 0 Å². The largest absolute Gasteiger partial charge is 0.455 e. The SMILES string of the molecule is C1=CC2=C(c3cccc(-c4nc5ccccc5c5c4ccc4c6ccccc6oc45)c3)C=CC3=CC=C4C(c5cc6cccnc6c6ncccc56)=CC=C1C4C32.c1cc(-c2ccc3c4ccc(-c5cc6cccnc6c6ncccc56)cc4c4ccccc4c3c2)cc(-c2nc3ccccc3c3c2ccc2c4ccccc4oc23)c1. The summed E-state index contributed by atoms with van der Waals surface area (Å²) in [6.45, 7) is 0. The van der Waals surface area contributed by atoms with E-state index in [1.54, 1.807) is 0 Å². The van der Waals surface area contributed by atoms with E-state index in [9.17, 15) is 0 Å². The highest BCUT2D eigenvalue weighted by atomic mass is 16.3. The zero-order chi connectivity index (χ0) is 75.8. The van der Waals surface area contributed by atoms with Gasteiger partial charge in [-0.05, 0) is 196 Å². The van der Waals surface area contributed by atoms with E-state index in [2.05, 4.69) is 302 Å². The zero-order valence-electron chi connectivity index (χ0n) is 62.3. The second-order valence-electron chi connectivity index (χ2n) is 30.9. The molecule has 8 heteroatoms. The van der Waals surface area contributed by atoms with Gasteiger partial charge in [-0.25, -0.2) is 9.97 Å². The van der Waals surface area contributed by atoms with Crippen molar-refractivity contribution in [2.45, 2.75) is 0 Å². The molecule has 0 saturated heterocycles. The van der Waals surface area contributed by atoms with E-state index >= 15 is 0 Å². The molecule has 8 aromatic heterocycles. The second kappa shape index (κ2) is 25.1. The summed E-state index contributed by atoms with van der Waals surface area (Å²) in [7, 11) is 0. The van der Waals surface area contributed by atoms with Gasteiger partial charge in [-0.15, -0.1) is 0 Å². The first-order valence-electron chi connectivity index (χ1n) is 39.6. The highest BCUT2D eigenvalue weighted by molar-refractivity contribution is 6.29. The molecule has 26 rings (SSSR count). The Morgan fingerprint density at radius 1 is 0.259 bits per heavy atom. The Kier molecular flexibility index (Phi) is 13.9. The van der Waals surface area contributed by atoms with Crippen LogP contribution in [0.25, 0.3) is 219 Å². The molecule has 0 spiro atoms. The summed E-state index contributed by atoms with van der Waals surface area (Å²) in [5.41, 5.74) is 28.2. The number of para-hydroxylation sites is 4. The van der Waals surface area contributed by atoms with Crippen LogP contribution in [0.2, 0.25) is 0 Å². The lowest BCUT2D eigenvalue weighted by molar-refractivity contribution is 0.569. The summed E-state index contributed by atoms with van der Waals surface area (Å²) in [4.78, 5) is 29.7. The van der Waals surface area contributed by atoms with Crippen molar-refractivity contribution in [2.24, 2.45) is 11.8 Å². The Morgan fingerprint density at radius 3 is 1.32 bits per heavy atom. The van der Waals surface area contributed by atoms with E-state index in [0.717, 1.165) is 176 Å². The normalized spacial score (nSPS) is 15.2. The molecule has 0 radical (unpaired) electrons. The summed E-state index contributed by atoms with van der Waals surface area (Å²) in [6, 6.07) is 104. The number of benzene rings is 14. The average molecular weight is 1480 g/mol. The van der Waals surface area contributed by atoms with Gasteiger partial charge in [0, 0.05) is 123 Å². The van der Waals surface area contributed by atoms with Gasteiger partial charge in [-0.2, -0.15) is 0 Å². The summed E-state index contributed by atoms with van der Waals surface area (Å²) in [5.74, 6) is 0.419. The molecule has 536 valence electrons. The molecular formula is C108H62N6O2. The van der Waals surface area contributed by atoms with Gasteiger partial charge < -0.3 is 8.83 Å². The van der Waals surface area contributed by atoms with Crippen molar-refractivity contribution in [3.05, 3.63) is 398 Å². The highest BCUT2D eigenvalue weighted by Gasteiger charge is 2.41. The van der Waals surface area contributed by atoms with Gasteiger partial charge in [0.15, 0.2) is 0 Å². The van der Waals surface area contributed by atoms with Crippen LogP contribution in [0, 0.1) is 11.8 Å². The third-order valence-corrected chi connectivity index (χ3v) is 24.8. The lowest BCUT2D eigenvalue weighted by atomic mass is 9.61. The van der Waals surface area contributed by atoms with Crippen LogP contribution in [0.15, 0.2) is 396 Å². The maximum absolute atomic E-state index is 6.61. The second-order valence-corrected chi connectivity index (χ2v) is 30.9. The Balaban J connectivity index is 0.000000130. The number of rotatable bonds is 6. The summed E-state index contributed by atoms with van der Waals surface area (Å²) < 4.78 is 13.2. The molecule has 0 amide bonds. The van der Waals surface area contributed by atoms with Crippen LogP contribution < -0.4 is 0 Å². The van der Waals surface area contributed by atoms with E-state index in [-0.39, 0.29) is 11.8 Å². The van der Waals surface area contributed by atoms with Crippen molar-refractivity contribution in [3.63, 3.8) is 0 Å². The van der Waals surface area contributed by atoms with Gasteiger partial charge in [0.1, 0.15) is 22.3 Å². The van der Waals surface area contributed by atoms with E-state index in [0.29, 0.717) is 0 Å². The van der Waals surface area contributed by atoms with E-state index < -0.39 is 0 Å². The van der Waals surface area contributed by atoms with Crippen molar-refractivity contribution >= 4 is 174 Å². The molecule has 0 bridgehead atoms. The van der Waals surface area contributed by atoms with Crippen molar-refractivity contribution < 1.29 is 8.83 Å². The standard InChI is InChI=1S/C55H31N3O.C53H31N3O/c1-2-14-38-37(13-1)47-29-33(20-22-39(47)40-23-21-34(30-48(38)40)46-31-36-12-8-26-56-53(36)54-42(46)17-9-27-57-54)32-10-7-11-35(28-32)52-45-25-24-43-41-15-4-6-19-50(41)59-55(43)51(45)44-16-3-5-18-49(44)58-52;1-3-14-45-42(12-1)49-43(25-24-41-37-11-2-4-15-46(37)57-53(41)49)50(56-45)33-9-5-8-32(28-33)35-20-16-30-19-23-39-36(21-17-31-18-22-38(35)47(30)48(31)39)44-29-34-10-6-26-54-51(34)52-40(44)13-7-27-55-52/h1-31H;1-29,47-48H. The first-order valence-corrected chi connectivity index (χ1v) is 39.6. The first-order chi connectivity index (χ1) is 57.5.